The Morgan fingerprint density at radius 2 is 1.74 bits per heavy atom. The molecule has 1 aliphatic heterocycles. The predicted molar refractivity (Wildman–Crippen MR) is 106 cm³/mol. The molecule has 1 unspecified atom stereocenters. The number of para-hydroxylation sites is 1. The third kappa shape index (κ3) is 4.48. The second-order valence-electron chi connectivity index (χ2n) is 6.63. The molecule has 0 radical (unpaired) electrons. The van der Waals surface area contributed by atoms with Gasteiger partial charge >= 0.3 is 0 Å². The van der Waals surface area contributed by atoms with Crippen molar-refractivity contribution in [2.45, 2.75) is 23.8 Å². The molecule has 0 saturated carbocycles. The molecule has 0 aliphatic carbocycles. The minimum absolute atomic E-state index is 0.228. The average molecular weight is 388 g/mol. The minimum Gasteiger partial charge on any atom is -0.373 e. The molecule has 1 heterocycles. The predicted octanol–water partition coefficient (Wildman–Crippen LogP) is 2.09. The van der Waals surface area contributed by atoms with Gasteiger partial charge in [0.1, 0.15) is 6.04 Å². The summed E-state index contributed by atoms with van der Waals surface area (Å²) in [7, 11) is -1.69. The van der Waals surface area contributed by atoms with Crippen LogP contribution in [0.15, 0.2) is 65.6 Å². The van der Waals surface area contributed by atoms with Crippen molar-refractivity contribution in [3.05, 3.63) is 60.7 Å². The van der Waals surface area contributed by atoms with Crippen molar-refractivity contribution < 1.29 is 13.2 Å². The van der Waals surface area contributed by atoms with Crippen LogP contribution in [-0.4, -0.2) is 51.4 Å². The zero-order chi connectivity index (χ0) is 19.3. The van der Waals surface area contributed by atoms with E-state index in [1.165, 1.54) is 4.31 Å². The van der Waals surface area contributed by atoms with Crippen molar-refractivity contribution in [1.29, 1.82) is 0 Å². The number of carbonyl (C=O) groups excluding carboxylic acids is 1. The van der Waals surface area contributed by atoms with Crippen molar-refractivity contribution in [1.82, 2.24) is 9.62 Å². The van der Waals surface area contributed by atoms with Crippen molar-refractivity contribution >= 4 is 21.6 Å². The fourth-order valence-corrected chi connectivity index (χ4v) is 4.97. The zero-order valence-corrected chi connectivity index (χ0v) is 16.2. The van der Waals surface area contributed by atoms with Crippen LogP contribution in [0.5, 0.6) is 0 Å². The Labute approximate surface area is 160 Å². The van der Waals surface area contributed by atoms with E-state index in [-0.39, 0.29) is 10.8 Å². The van der Waals surface area contributed by atoms with E-state index in [1.807, 2.05) is 42.3 Å². The highest BCUT2D eigenvalue weighted by molar-refractivity contribution is 7.89. The van der Waals surface area contributed by atoms with Gasteiger partial charge in [-0.25, -0.2) is 8.42 Å². The standard InChI is InChI=1S/C20H25N3O3S/c1-22(17-9-4-2-5-10-17)16-14-21-20(24)19-13-8-15-23(19)27(25,26)18-11-6-3-7-12-18/h2-7,9-12,19H,8,13-16H2,1H3,(H,21,24). The number of carbonyl (C=O) groups is 1. The number of nitrogens with one attached hydrogen (secondary N) is 1. The maximum Gasteiger partial charge on any atom is 0.243 e. The van der Waals surface area contributed by atoms with E-state index in [0.717, 1.165) is 5.69 Å². The van der Waals surface area contributed by atoms with Crippen LogP contribution < -0.4 is 10.2 Å². The second kappa shape index (κ2) is 8.54. The van der Waals surface area contributed by atoms with Crippen LogP contribution >= 0.6 is 0 Å². The Morgan fingerprint density at radius 1 is 1.11 bits per heavy atom. The molecule has 1 saturated heterocycles. The van der Waals surface area contributed by atoms with Crippen molar-refractivity contribution in [3.63, 3.8) is 0 Å². The number of hydrogen-bond donors (Lipinski definition) is 1. The van der Waals surface area contributed by atoms with E-state index < -0.39 is 16.1 Å². The summed E-state index contributed by atoms with van der Waals surface area (Å²) in [4.78, 5) is 14.9. The number of rotatable bonds is 7. The number of nitrogens with zero attached hydrogens (tertiary/aromatic N) is 2. The first-order valence-electron chi connectivity index (χ1n) is 9.11. The van der Waals surface area contributed by atoms with Gasteiger partial charge in [0, 0.05) is 32.4 Å². The van der Waals surface area contributed by atoms with Gasteiger partial charge < -0.3 is 10.2 Å². The number of hydrogen-bond acceptors (Lipinski definition) is 4. The summed E-state index contributed by atoms with van der Waals surface area (Å²) < 4.78 is 27.0. The summed E-state index contributed by atoms with van der Waals surface area (Å²) in [6.45, 7) is 1.48. The first kappa shape index (κ1) is 19.4. The molecule has 0 aromatic heterocycles. The van der Waals surface area contributed by atoms with Crippen LogP contribution in [0, 0.1) is 0 Å². The largest absolute Gasteiger partial charge is 0.373 e. The molecule has 1 amide bonds. The fourth-order valence-electron chi connectivity index (χ4n) is 3.29. The third-order valence-corrected chi connectivity index (χ3v) is 6.72. The number of benzene rings is 2. The lowest BCUT2D eigenvalue weighted by molar-refractivity contribution is -0.124. The van der Waals surface area contributed by atoms with E-state index in [0.29, 0.717) is 32.5 Å². The van der Waals surface area contributed by atoms with Crippen LogP contribution in [-0.2, 0) is 14.8 Å². The van der Waals surface area contributed by atoms with Crippen LogP contribution in [0.2, 0.25) is 0 Å². The van der Waals surface area contributed by atoms with E-state index >= 15 is 0 Å². The molecule has 0 spiro atoms. The molecule has 144 valence electrons. The highest BCUT2D eigenvalue weighted by Crippen LogP contribution is 2.26. The summed E-state index contributed by atoms with van der Waals surface area (Å²) in [5, 5.41) is 2.89. The summed E-state index contributed by atoms with van der Waals surface area (Å²) in [5.74, 6) is -0.228. The van der Waals surface area contributed by atoms with Gasteiger partial charge in [-0.15, -0.1) is 0 Å². The molecule has 1 fully saturated rings. The van der Waals surface area contributed by atoms with Gasteiger partial charge in [-0.2, -0.15) is 4.31 Å². The maximum absolute atomic E-state index is 12.9. The molecule has 7 heteroatoms. The van der Waals surface area contributed by atoms with E-state index in [1.54, 1.807) is 30.3 Å². The van der Waals surface area contributed by atoms with Gasteiger partial charge in [0.15, 0.2) is 0 Å². The highest BCUT2D eigenvalue weighted by atomic mass is 32.2. The van der Waals surface area contributed by atoms with Crippen molar-refractivity contribution in [2.24, 2.45) is 0 Å². The minimum atomic E-state index is -3.66. The molecule has 1 aliphatic rings. The molecule has 1 N–H and O–H groups in total. The van der Waals surface area contributed by atoms with Crippen LogP contribution in [0.25, 0.3) is 0 Å². The van der Waals surface area contributed by atoms with Gasteiger partial charge in [0.2, 0.25) is 15.9 Å². The van der Waals surface area contributed by atoms with E-state index in [4.69, 9.17) is 0 Å². The lowest BCUT2D eigenvalue weighted by Gasteiger charge is -2.24. The number of anilines is 1. The van der Waals surface area contributed by atoms with Gasteiger partial charge in [-0.3, -0.25) is 4.79 Å². The fraction of sp³-hybridized carbons (Fsp3) is 0.350. The summed E-state index contributed by atoms with van der Waals surface area (Å²) in [6.07, 6.45) is 1.24. The molecule has 1 atom stereocenters. The number of amides is 1. The van der Waals surface area contributed by atoms with Gasteiger partial charge in [0.25, 0.3) is 0 Å². The molecule has 0 bridgehead atoms. The summed E-state index contributed by atoms with van der Waals surface area (Å²) in [6, 6.07) is 17.6. The molecular weight excluding hydrogens is 362 g/mol. The Balaban J connectivity index is 1.59. The van der Waals surface area contributed by atoms with Crippen LogP contribution in [0.3, 0.4) is 0 Å². The Morgan fingerprint density at radius 3 is 2.41 bits per heavy atom. The second-order valence-corrected chi connectivity index (χ2v) is 8.53. The number of sulfonamides is 1. The molecular formula is C20H25N3O3S. The SMILES string of the molecule is CN(CCNC(=O)C1CCCN1S(=O)(=O)c1ccccc1)c1ccccc1. The Bertz CT molecular complexity index is 857. The first-order valence-corrected chi connectivity index (χ1v) is 10.5. The van der Waals surface area contributed by atoms with Crippen LogP contribution in [0.4, 0.5) is 5.69 Å². The highest BCUT2D eigenvalue weighted by Gasteiger charge is 2.39. The Kier molecular flexibility index (Phi) is 6.13. The Hall–Kier alpha value is -2.38. The quantitative estimate of drug-likeness (QED) is 0.790. The van der Waals surface area contributed by atoms with Crippen molar-refractivity contribution in [3.8, 4) is 0 Å². The maximum atomic E-state index is 12.9. The van der Waals surface area contributed by atoms with E-state index in [2.05, 4.69) is 5.32 Å². The summed E-state index contributed by atoms with van der Waals surface area (Å²) >= 11 is 0. The normalized spacial score (nSPS) is 17.6. The first-order chi connectivity index (χ1) is 13.0. The van der Waals surface area contributed by atoms with Gasteiger partial charge in [-0.1, -0.05) is 36.4 Å². The molecule has 27 heavy (non-hydrogen) atoms. The molecule has 2 aromatic rings. The molecule has 2 aromatic carbocycles. The van der Waals surface area contributed by atoms with E-state index in [9.17, 15) is 13.2 Å². The van der Waals surface area contributed by atoms with Crippen LogP contribution in [0.1, 0.15) is 12.8 Å². The van der Waals surface area contributed by atoms with Gasteiger partial charge in [-0.05, 0) is 37.1 Å². The van der Waals surface area contributed by atoms with Crippen molar-refractivity contribution in [2.75, 3.05) is 31.6 Å². The molecule has 3 rings (SSSR count). The number of likely N-dealkylation sites (N-methyl/N-ethyl adjacent to an activating group) is 1. The topological polar surface area (TPSA) is 69.7 Å². The molecule has 6 nitrogen and oxygen atoms in total. The smallest absolute Gasteiger partial charge is 0.243 e. The third-order valence-electron chi connectivity index (χ3n) is 4.80. The lowest BCUT2D eigenvalue weighted by Crippen LogP contribution is -2.47. The summed E-state index contributed by atoms with van der Waals surface area (Å²) in [5.41, 5.74) is 1.07. The lowest BCUT2D eigenvalue weighted by atomic mass is 10.2. The zero-order valence-electron chi connectivity index (χ0n) is 15.4. The average Bonchev–Trinajstić information content (AvgIpc) is 3.20. The van der Waals surface area contributed by atoms with Gasteiger partial charge in [0.05, 0.1) is 4.90 Å². The monoisotopic (exact) mass is 387 g/mol.